The number of benzene rings is 1. The first kappa shape index (κ1) is 7.96. The van der Waals surface area contributed by atoms with Crippen molar-refractivity contribution in [3.05, 3.63) is 24.3 Å². The van der Waals surface area contributed by atoms with E-state index >= 15 is 0 Å². The van der Waals surface area contributed by atoms with Crippen LogP contribution in [0.3, 0.4) is 0 Å². The van der Waals surface area contributed by atoms with E-state index in [-0.39, 0.29) is 0 Å². The highest BCUT2D eigenvalue weighted by atomic mass is 32.2. The number of nitriles is 1. The number of thioether (sulfide) groups is 1. The molecule has 0 unspecified atom stereocenters. The molecule has 0 radical (unpaired) electrons. The quantitative estimate of drug-likeness (QED) is 0.536. The van der Waals surface area contributed by atoms with Gasteiger partial charge in [-0.2, -0.15) is 5.26 Å². The Hall–Kier alpha value is -1.14. The molecule has 0 aliphatic heterocycles. The van der Waals surface area contributed by atoms with E-state index in [1.165, 1.54) is 11.8 Å². The van der Waals surface area contributed by atoms with Crippen LogP contribution in [0.5, 0.6) is 0 Å². The molecule has 2 nitrogen and oxygen atoms in total. The normalized spacial score (nSPS) is 9.00. The van der Waals surface area contributed by atoms with E-state index < -0.39 is 0 Å². The van der Waals surface area contributed by atoms with Gasteiger partial charge in [-0.05, 0) is 24.3 Å². The number of hydrogen-bond donors (Lipinski definition) is 1. The second kappa shape index (κ2) is 3.89. The molecule has 0 saturated carbocycles. The van der Waals surface area contributed by atoms with Crippen LogP contribution in [0.25, 0.3) is 0 Å². The van der Waals surface area contributed by atoms with Crippen molar-refractivity contribution in [1.29, 1.82) is 5.26 Å². The Morgan fingerprint density at radius 3 is 2.55 bits per heavy atom. The monoisotopic (exact) mass is 164 g/mol. The summed E-state index contributed by atoms with van der Waals surface area (Å²) in [5.41, 5.74) is 6.24. The molecule has 2 N–H and O–H groups in total. The van der Waals surface area contributed by atoms with Crippen LogP contribution in [0, 0.1) is 11.3 Å². The van der Waals surface area contributed by atoms with E-state index in [1.807, 2.05) is 24.3 Å². The average Bonchev–Trinajstić information content (AvgIpc) is 2.04. The summed E-state index contributed by atoms with van der Waals surface area (Å²) in [6.07, 6.45) is 0. The topological polar surface area (TPSA) is 49.8 Å². The van der Waals surface area contributed by atoms with Crippen molar-refractivity contribution >= 4 is 17.4 Å². The maximum Gasteiger partial charge on any atom is 0.0855 e. The lowest BCUT2D eigenvalue weighted by molar-refractivity contribution is 1.45. The molecule has 0 saturated heterocycles. The fourth-order valence-electron chi connectivity index (χ4n) is 0.680. The zero-order chi connectivity index (χ0) is 8.10. The van der Waals surface area contributed by atoms with Crippen LogP contribution in [0.15, 0.2) is 29.2 Å². The van der Waals surface area contributed by atoms with Crippen LogP contribution in [0.4, 0.5) is 5.69 Å². The molecule has 0 aliphatic rings. The van der Waals surface area contributed by atoms with Crippen molar-refractivity contribution in [3.8, 4) is 6.07 Å². The largest absolute Gasteiger partial charge is 0.399 e. The van der Waals surface area contributed by atoms with E-state index in [0.717, 1.165) is 10.6 Å². The zero-order valence-electron chi connectivity index (χ0n) is 5.95. The van der Waals surface area contributed by atoms with Gasteiger partial charge in [-0.1, -0.05) is 0 Å². The molecule has 11 heavy (non-hydrogen) atoms. The van der Waals surface area contributed by atoms with Crippen molar-refractivity contribution in [2.45, 2.75) is 4.90 Å². The third-order valence-electron chi connectivity index (χ3n) is 1.18. The molecule has 0 aliphatic carbocycles. The first-order valence-electron chi connectivity index (χ1n) is 3.18. The molecular formula is C8H8N2S. The lowest BCUT2D eigenvalue weighted by atomic mass is 10.3. The maximum absolute atomic E-state index is 8.29. The lowest BCUT2D eigenvalue weighted by Gasteiger charge is -1.96. The van der Waals surface area contributed by atoms with Gasteiger partial charge >= 0.3 is 0 Å². The molecule has 1 rings (SSSR count). The number of hydrogen-bond acceptors (Lipinski definition) is 3. The van der Waals surface area contributed by atoms with Crippen molar-refractivity contribution in [1.82, 2.24) is 0 Å². The molecule has 0 fully saturated rings. The second-order valence-electron chi connectivity index (χ2n) is 2.02. The van der Waals surface area contributed by atoms with Crippen LogP contribution >= 0.6 is 11.8 Å². The summed E-state index contributed by atoms with van der Waals surface area (Å²) >= 11 is 1.51. The highest BCUT2D eigenvalue weighted by molar-refractivity contribution is 7.99. The summed E-state index contributed by atoms with van der Waals surface area (Å²) in [5, 5.41) is 8.29. The van der Waals surface area contributed by atoms with E-state index in [1.54, 1.807) is 0 Å². The fraction of sp³-hybridized carbons (Fsp3) is 0.125. The van der Waals surface area contributed by atoms with Gasteiger partial charge in [-0.3, -0.25) is 0 Å². The van der Waals surface area contributed by atoms with E-state index in [2.05, 4.69) is 6.07 Å². The molecule has 3 heteroatoms. The van der Waals surface area contributed by atoms with Crippen molar-refractivity contribution < 1.29 is 0 Å². The first-order chi connectivity index (χ1) is 5.33. The summed E-state index contributed by atoms with van der Waals surface area (Å²) < 4.78 is 0. The zero-order valence-corrected chi connectivity index (χ0v) is 6.77. The Bertz CT molecular complexity index is 260. The predicted molar refractivity (Wildman–Crippen MR) is 47.2 cm³/mol. The summed E-state index contributed by atoms with van der Waals surface area (Å²) in [6, 6.07) is 9.56. The highest BCUT2D eigenvalue weighted by Gasteiger charge is 1.90. The third kappa shape index (κ3) is 2.52. The average molecular weight is 164 g/mol. The van der Waals surface area contributed by atoms with Gasteiger partial charge in [0.05, 0.1) is 11.8 Å². The lowest BCUT2D eigenvalue weighted by Crippen LogP contribution is -1.82. The first-order valence-corrected chi connectivity index (χ1v) is 4.17. The van der Waals surface area contributed by atoms with Crippen molar-refractivity contribution in [3.63, 3.8) is 0 Å². The Balaban J connectivity index is 2.60. The van der Waals surface area contributed by atoms with Gasteiger partial charge in [0.15, 0.2) is 0 Å². The van der Waals surface area contributed by atoms with Gasteiger partial charge in [-0.15, -0.1) is 11.8 Å². The Labute approximate surface area is 70.0 Å². The van der Waals surface area contributed by atoms with Gasteiger partial charge < -0.3 is 5.73 Å². The summed E-state index contributed by atoms with van der Waals surface area (Å²) in [4.78, 5) is 1.08. The minimum Gasteiger partial charge on any atom is -0.399 e. The van der Waals surface area contributed by atoms with Gasteiger partial charge in [0, 0.05) is 10.6 Å². The molecule has 0 spiro atoms. The van der Waals surface area contributed by atoms with Crippen molar-refractivity contribution in [2.24, 2.45) is 0 Å². The molecule has 0 heterocycles. The van der Waals surface area contributed by atoms with Crippen LogP contribution < -0.4 is 5.73 Å². The molecule has 0 amide bonds. The number of nitrogen functional groups attached to an aromatic ring is 1. The number of nitrogens with two attached hydrogens (primary N) is 1. The van der Waals surface area contributed by atoms with E-state index in [4.69, 9.17) is 11.0 Å². The van der Waals surface area contributed by atoms with Gasteiger partial charge in [-0.25, -0.2) is 0 Å². The van der Waals surface area contributed by atoms with Crippen LogP contribution in [0.2, 0.25) is 0 Å². The number of nitrogens with zero attached hydrogens (tertiary/aromatic N) is 1. The molecule has 0 bridgehead atoms. The summed E-state index contributed by atoms with van der Waals surface area (Å²) in [5.74, 6) is 0.490. The molecule has 1 aromatic carbocycles. The van der Waals surface area contributed by atoms with Crippen molar-refractivity contribution in [2.75, 3.05) is 11.5 Å². The molecule has 1 aromatic rings. The SMILES string of the molecule is N#CCSc1ccc(N)cc1. The van der Waals surface area contributed by atoms with E-state index in [9.17, 15) is 0 Å². The Kier molecular flexibility index (Phi) is 2.82. The van der Waals surface area contributed by atoms with Gasteiger partial charge in [0.25, 0.3) is 0 Å². The minimum absolute atomic E-state index is 0.490. The Morgan fingerprint density at radius 1 is 1.36 bits per heavy atom. The molecule has 0 aromatic heterocycles. The fourth-order valence-corrected chi connectivity index (χ4v) is 1.24. The van der Waals surface area contributed by atoms with Crippen LogP contribution in [-0.4, -0.2) is 5.75 Å². The maximum atomic E-state index is 8.29. The third-order valence-corrected chi connectivity index (χ3v) is 2.06. The molecule has 56 valence electrons. The Morgan fingerprint density at radius 2 is 2.00 bits per heavy atom. The predicted octanol–water partition coefficient (Wildman–Crippen LogP) is 1.88. The number of anilines is 1. The summed E-state index contributed by atoms with van der Waals surface area (Å²) in [6.45, 7) is 0. The minimum atomic E-state index is 0.490. The summed E-state index contributed by atoms with van der Waals surface area (Å²) in [7, 11) is 0. The van der Waals surface area contributed by atoms with Crippen LogP contribution in [0.1, 0.15) is 0 Å². The van der Waals surface area contributed by atoms with Gasteiger partial charge in [0.2, 0.25) is 0 Å². The molecule has 0 atom stereocenters. The van der Waals surface area contributed by atoms with Gasteiger partial charge in [0.1, 0.15) is 0 Å². The molecular weight excluding hydrogens is 156 g/mol. The van der Waals surface area contributed by atoms with E-state index in [0.29, 0.717) is 5.75 Å². The smallest absolute Gasteiger partial charge is 0.0855 e. The highest BCUT2D eigenvalue weighted by Crippen LogP contribution is 2.17. The van der Waals surface area contributed by atoms with Crippen LogP contribution in [-0.2, 0) is 0 Å². The number of rotatable bonds is 2. The standard InChI is InChI=1S/C8H8N2S/c9-5-6-11-8-3-1-7(10)2-4-8/h1-4H,6,10H2. The second-order valence-corrected chi connectivity index (χ2v) is 3.06.